The van der Waals surface area contributed by atoms with E-state index in [1.165, 1.54) is 11.6 Å². The largest absolute Gasteiger partial charge is 0.478 e. The number of nitrogen functional groups attached to an aromatic ring is 1. The number of carboxylic acids is 1. The van der Waals surface area contributed by atoms with Crippen LogP contribution in [0.25, 0.3) is 0 Å². The molecule has 5 nitrogen and oxygen atoms in total. The Labute approximate surface area is 218 Å². The highest BCUT2D eigenvalue weighted by atomic mass is 79.9. The number of hydrogen-bond donors (Lipinski definition) is 2. The molecule has 0 aliphatic carbocycles. The van der Waals surface area contributed by atoms with Crippen LogP contribution in [0, 0.1) is 22.7 Å². The fraction of sp³-hybridized carbons (Fsp3) is 0.222. The van der Waals surface area contributed by atoms with Gasteiger partial charge in [-0.05, 0) is 90.6 Å². The minimum absolute atomic E-state index is 0.232. The zero-order valence-electron chi connectivity index (χ0n) is 19.4. The quantitative estimate of drug-likeness (QED) is 0.313. The normalized spacial score (nSPS) is 9.38. The number of carbonyl (C=O) groups is 1. The summed E-state index contributed by atoms with van der Waals surface area (Å²) in [7, 11) is 0. The highest BCUT2D eigenvalue weighted by Gasteiger charge is 2.06. The van der Waals surface area contributed by atoms with Gasteiger partial charge in [0.25, 0.3) is 0 Å². The molecular weight excluding hydrogens is 558 g/mol. The lowest BCUT2D eigenvalue weighted by molar-refractivity contribution is 0.0696. The SMILES string of the molecule is CCc1cc(Br)ccc1C#N.CCc1cc(Br)ccc1N.CCc1cc(C(=O)O)ccc1C#N. The molecule has 0 spiro atoms. The van der Waals surface area contributed by atoms with Crippen molar-refractivity contribution in [1.82, 2.24) is 0 Å². The molecule has 0 fully saturated rings. The van der Waals surface area contributed by atoms with Gasteiger partial charge in [-0.3, -0.25) is 0 Å². The van der Waals surface area contributed by atoms with E-state index in [1.807, 2.05) is 50.2 Å². The molecule has 3 N–H and O–H groups in total. The van der Waals surface area contributed by atoms with Gasteiger partial charge in [0.2, 0.25) is 0 Å². The number of nitriles is 2. The van der Waals surface area contributed by atoms with E-state index in [0.717, 1.165) is 44.2 Å². The van der Waals surface area contributed by atoms with Gasteiger partial charge in [-0.25, -0.2) is 4.79 Å². The number of aryl methyl sites for hydroxylation is 3. The monoisotopic (exact) mass is 583 g/mol. The fourth-order valence-electron chi connectivity index (χ4n) is 2.97. The molecule has 3 aromatic rings. The van der Waals surface area contributed by atoms with Crippen LogP contribution in [0.5, 0.6) is 0 Å². The van der Waals surface area contributed by atoms with Gasteiger partial charge in [0, 0.05) is 14.6 Å². The molecule has 3 rings (SSSR count). The summed E-state index contributed by atoms with van der Waals surface area (Å²) in [6.07, 6.45) is 2.57. The van der Waals surface area contributed by atoms with Crippen LogP contribution in [-0.4, -0.2) is 11.1 Å². The maximum atomic E-state index is 10.6. The van der Waals surface area contributed by atoms with E-state index < -0.39 is 5.97 Å². The highest BCUT2D eigenvalue weighted by molar-refractivity contribution is 9.10. The van der Waals surface area contributed by atoms with Crippen molar-refractivity contribution in [3.05, 3.63) is 96.9 Å². The molecule has 0 unspecified atom stereocenters. The smallest absolute Gasteiger partial charge is 0.335 e. The molecule has 0 aliphatic rings. The summed E-state index contributed by atoms with van der Waals surface area (Å²) < 4.78 is 2.13. The summed E-state index contributed by atoms with van der Waals surface area (Å²) in [4.78, 5) is 10.6. The van der Waals surface area contributed by atoms with Gasteiger partial charge in [-0.2, -0.15) is 10.5 Å². The Morgan fingerprint density at radius 3 is 1.68 bits per heavy atom. The third-order valence-corrected chi connectivity index (χ3v) is 5.89. The Kier molecular flexibility index (Phi) is 12.7. The second kappa shape index (κ2) is 14.9. The number of nitrogens with two attached hydrogens (primary N) is 1. The van der Waals surface area contributed by atoms with Gasteiger partial charge < -0.3 is 10.8 Å². The summed E-state index contributed by atoms with van der Waals surface area (Å²) in [5.41, 5.74) is 11.2. The van der Waals surface area contributed by atoms with E-state index >= 15 is 0 Å². The molecule has 0 atom stereocenters. The van der Waals surface area contributed by atoms with Crippen molar-refractivity contribution in [2.45, 2.75) is 40.0 Å². The molecule has 0 aromatic heterocycles. The van der Waals surface area contributed by atoms with E-state index in [-0.39, 0.29) is 5.56 Å². The zero-order chi connectivity index (χ0) is 25.7. The fourth-order valence-corrected chi connectivity index (χ4v) is 3.79. The van der Waals surface area contributed by atoms with Crippen LogP contribution in [0.15, 0.2) is 63.5 Å². The Morgan fingerprint density at radius 1 is 0.794 bits per heavy atom. The molecule has 0 saturated heterocycles. The zero-order valence-corrected chi connectivity index (χ0v) is 22.6. The van der Waals surface area contributed by atoms with Gasteiger partial charge in [0.05, 0.1) is 28.8 Å². The third-order valence-electron chi connectivity index (χ3n) is 4.91. The number of anilines is 1. The van der Waals surface area contributed by atoms with Crippen molar-refractivity contribution in [3.63, 3.8) is 0 Å². The highest BCUT2D eigenvalue weighted by Crippen LogP contribution is 2.18. The van der Waals surface area contributed by atoms with Crippen LogP contribution in [0.1, 0.15) is 58.9 Å². The van der Waals surface area contributed by atoms with Crippen LogP contribution in [0.3, 0.4) is 0 Å². The lowest BCUT2D eigenvalue weighted by Gasteiger charge is -2.01. The van der Waals surface area contributed by atoms with Gasteiger partial charge in [-0.15, -0.1) is 0 Å². The Balaban J connectivity index is 0.000000257. The summed E-state index contributed by atoms with van der Waals surface area (Å²) in [5.74, 6) is -0.959. The molecule has 0 aliphatic heterocycles. The van der Waals surface area contributed by atoms with Gasteiger partial charge in [0.15, 0.2) is 0 Å². The molecule has 0 bridgehead atoms. The summed E-state index contributed by atoms with van der Waals surface area (Å²) in [5, 5.41) is 26.0. The predicted octanol–water partition coefficient (Wildman–Crippen LogP) is 7.30. The minimum Gasteiger partial charge on any atom is -0.478 e. The number of halogens is 2. The molecule has 34 heavy (non-hydrogen) atoms. The Morgan fingerprint density at radius 2 is 1.24 bits per heavy atom. The first-order chi connectivity index (χ1) is 16.2. The second-order valence-electron chi connectivity index (χ2n) is 7.11. The topological polar surface area (TPSA) is 111 Å². The first kappa shape index (κ1) is 28.9. The number of aromatic carboxylic acids is 1. The molecule has 0 saturated carbocycles. The summed E-state index contributed by atoms with van der Waals surface area (Å²) >= 11 is 6.74. The second-order valence-corrected chi connectivity index (χ2v) is 8.94. The lowest BCUT2D eigenvalue weighted by Crippen LogP contribution is -1.98. The Hall–Kier alpha value is -3.13. The maximum Gasteiger partial charge on any atom is 0.335 e. The number of carboxylic acid groups (broad SMARTS) is 1. The third kappa shape index (κ3) is 9.02. The number of nitrogens with zero attached hydrogens (tertiary/aromatic N) is 2. The van der Waals surface area contributed by atoms with Crippen molar-refractivity contribution in [1.29, 1.82) is 10.5 Å². The molecule has 0 amide bonds. The van der Waals surface area contributed by atoms with Crippen molar-refractivity contribution in [2.75, 3.05) is 5.73 Å². The average molecular weight is 585 g/mol. The minimum atomic E-state index is -0.959. The van der Waals surface area contributed by atoms with Crippen molar-refractivity contribution in [2.24, 2.45) is 0 Å². The molecule has 0 radical (unpaired) electrons. The van der Waals surface area contributed by atoms with Crippen molar-refractivity contribution < 1.29 is 9.90 Å². The van der Waals surface area contributed by atoms with Crippen LogP contribution in [0.2, 0.25) is 0 Å². The van der Waals surface area contributed by atoms with E-state index in [2.05, 4.69) is 50.9 Å². The summed E-state index contributed by atoms with van der Waals surface area (Å²) in [6, 6.07) is 20.3. The van der Waals surface area contributed by atoms with Crippen LogP contribution in [0.4, 0.5) is 5.69 Å². The number of benzene rings is 3. The van der Waals surface area contributed by atoms with E-state index in [1.54, 1.807) is 12.1 Å². The van der Waals surface area contributed by atoms with Gasteiger partial charge in [-0.1, -0.05) is 52.6 Å². The van der Waals surface area contributed by atoms with Crippen LogP contribution in [-0.2, 0) is 19.3 Å². The Bertz CT molecular complexity index is 1210. The number of hydrogen-bond acceptors (Lipinski definition) is 4. The van der Waals surface area contributed by atoms with Crippen molar-refractivity contribution >= 4 is 43.5 Å². The van der Waals surface area contributed by atoms with Crippen LogP contribution >= 0.6 is 31.9 Å². The van der Waals surface area contributed by atoms with Crippen molar-refractivity contribution in [3.8, 4) is 12.1 Å². The molecular formula is C27H27Br2N3O2. The van der Waals surface area contributed by atoms with E-state index in [9.17, 15) is 4.79 Å². The first-order valence-electron chi connectivity index (χ1n) is 10.7. The maximum absolute atomic E-state index is 10.6. The summed E-state index contributed by atoms with van der Waals surface area (Å²) in [6.45, 7) is 6.03. The average Bonchev–Trinajstić information content (AvgIpc) is 2.85. The van der Waals surface area contributed by atoms with Gasteiger partial charge in [0.1, 0.15) is 0 Å². The van der Waals surface area contributed by atoms with Gasteiger partial charge >= 0.3 is 5.97 Å². The molecule has 7 heteroatoms. The lowest BCUT2D eigenvalue weighted by atomic mass is 10.0. The molecule has 3 aromatic carbocycles. The predicted molar refractivity (Wildman–Crippen MR) is 144 cm³/mol. The molecule has 0 heterocycles. The number of rotatable bonds is 4. The first-order valence-corrected chi connectivity index (χ1v) is 12.3. The van der Waals surface area contributed by atoms with E-state index in [4.69, 9.17) is 21.4 Å². The van der Waals surface area contributed by atoms with E-state index in [0.29, 0.717) is 12.0 Å². The standard InChI is InChI=1S/C10H9NO2.C9H8BrN.C8H10BrN/c1-2-7-5-8(10(12)13)3-4-9(7)6-11;1-2-7-5-9(10)4-3-8(7)6-11;1-2-6-5-7(9)3-4-8(6)10/h3-5H,2H2,1H3,(H,12,13);3-5H,2H2,1H3;3-5H,2,10H2,1H3. The molecule has 176 valence electrons. The van der Waals surface area contributed by atoms with Crippen LogP contribution < -0.4 is 5.73 Å².